The van der Waals surface area contributed by atoms with Crippen molar-refractivity contribution in [1.29, 1.82) is 0 Å². The summed E-state index contributed by atoms with van der Waals surface area (Å²) in [6, 6.07) is 14.0. The van der Waals surface area contributed by atoms with E-state index in [4.69, 9.17) is 11.6 Å². The molecular formula is C23H17ClN4O4. The average molecular weight is 449 g/mol. The molecule has 0 radical (unpaired) electrons. The van der Waals surface area contributed by atoms with Gasteiger partial charge in [0.2, 0.25) is 0 Å². The van der Waals surface area contributed by atoms with E-state index in [0.29, 0.717) is 16.4 Å². The molecule has 0 aliphatic carbocycles. The van der Waals surface area contributed by atoms with Gasteiger partial charge in [-0.2, -0.15) is 5.10 Å². The van der Waals surface area contributed by atoms with Crippen molar-refractivity contribution in [2.24, 2.45) is 0 Å². The van der Waals surface area contributed by atoms with Gasteiger partial charge in [0.1, 0.15) is 11.5 Å². The highest BCUT2D eigenvalue weighted by Crippen LogP contribution is 2.37. The summed E-state index contributed by atoms with van der Waals surface area (Å²) in [4.78, 5) is 30.4. The predicted octanol–water partition coefficient (Wildman–Crippen LogP) is 3.91. The molecule has 2 aromatic carbocycles. The molecule has 0 fully saturated rings. The van der Waals surface area contributed by atoms with Crippen LogP contribution in [0.15, 0.2) is 73.2 Å². The van der Waals surface area contributed by atoms with E-state index in [1.165, 1.54) is 48.5 Å². The Morgan fingerprint density at radius 3 is 2.38 bits per heavy atom. The molecule has 8 nitrogen and oxygen atoms in total. The quantitative estimate of drug-likeness (QED) is 0.458. The van der Waals surface area contributed by atoms with Crippen LogP contribution in [0.1, 0.15) is 20.7 Å². The second kappa shape index (κ2) is 8.52. The van der Waals surface area contributed by atoms with Crippen LogP contribution in [0, 0.1) is 0 Å². The van der Waals surface area contributed by atoms with Gasteiger partial charge in [0.05, 0.1) is 28.2 Å². The first kappa shape index (κ1) is 21.1. The predicted molar refractivity (Wildman–Crippen MR) is 118 cm³/mol. The van der Waals surface area contributed by atoms with Crippen molar-refractivity contribution in [3.63, 3.8) is 0 Å². The number of halogens is 1. The second-order valence-electron chi connectivity index (χ2n) is 6.87. The van der Waals surface area contributed by atoms with Crippen LogP contribution in [0.25, 0.3) is 16.9 Å². The summed E-state index contributed by atoms with van der Waals surface area (Å²) in [5.74, 6) is -2.03. The molecule has 32 heavy (non-hydrogen) atoms. The molecular weight excluding hydrogens is 432 g/mol. The van der Waals surface area contributed by atoms with Crippen molar-refractivity contribution in [3.8, 4) is 28.4 Å². The molecule has 0 aliphatic heterocycles. The van der Waals surface area contributed by atoms with E-state index in [9.17, 15) is 19.8 Å². The first-order valence-corrected chi connectivity index (χ1v) is 9.84. The van der Waals surface area contributed by atoms with Gasteiger partial charge in [0.25, 0.3) is 11.8 Å². The number of rotatable bonds is 4. The van der Waals surface area contributed by atoms with Gasteiger partial charge in [-0.15, -0.1) is 0 Å². The van der Waals surface area contributed by atoms with Crippen molar-refractivity contribution in [2.45, 2.75) is 0 Å². The number of carbonyl (C=O) groups is 2. The molecule has 0 saturated heterocycles. The van der Waals surface area contributed by atoms with Gasteiger partial charge in [-0.25, -0.2) is 4.68 Å². The smallest absolute Gasteiger partial charge is 0.264 e. The minimum Gasteiger partial charge on any atom is -0.507 e. The summed E-state index contributed by atoms with van der Waals surface area (Å²) < 4.78 is 1.51. The third-order valence-corrected chi connectivity index (χ3v) is 5.20. The molecule has 2 aromatic heterocycles. The van der Waals surface area contributed by atoms with Crippen LogP contribution in [-0.4, -0.2) is 48.7 Å². The van der Waals surface area contributed by atoms with Crippen LogP contribution in [0.5, 0.6) is 11.5 Å². The zero-order valence-corrected chi connectivity index (χ0v) is 17.6. The number of imide groups is 1. The van der Waals surface area contributed by atoms with Gasteiger partial charge in [-0.1, -0.05) is 23.7 Å². The number of pyridine rings is 1. The van der Waals surface area contributed by atoms with Crippen LogP contribution in [-0.2, 0) is 0 Å². The fraction of sp³-hybridized carbons (Fsp3) is 0.0435. The van der Waals surface area contributed by atoms with Crippen LogP contribution < -0.4 is 0 Å². The molecule has 2 heterocycles. The lowest BCUT2D eigenvalue weighted by Gasteiger charge is -2.18. The molecule has 2 N–H and O–H groups in total. The Bertz CT molecular complexity index is 1320. The molecule has 4 aromatic rings. The number of aromatic hydroxyl groups is 2. The number of hydrogen-bond donors (Lipinski definition) is 2. The maximum atomic E-state index is 13.0. The van der Waals surface area contributed by atoms with Crippen molar-refractivity contribution in [1.82, 2.24) is 19.7 Å². The Morgan fingerprint density at radius 2 is 1.66 bits per heavy atom. The van der Waals surface area contributed by atoms with Crippen LogP contribution >= 0.6 is 11.6 Å². The van der Waals surface area contributed by atoms with E-state index in [-0.39, 0.29) is 22.4 Å². The fourth-order valence-corrected chi connectivity index (χ4v) is 3.45. The summed E-state index contributed by atoms with van der Waals surface area (Å²) in [6.45, 7) is 0. The van der Waals surface area contributed by atoms with Crippen molar-refractivity contribution < 1.29 is 19.8 Å². The van der Waals surface area contributed by atoms with Crippen molar-refractivity contribution in [2.75, 3.05) is 7.05 Å². The van der Waals surface area contributed by atoms with Gasteiger partial charge in [-0.05, 0) is 36.4 Å². The SMILES string of the molecule is CN(C(=O)c1ccncc1)C(=O)c1cc(-c2ccnn2-c2ccccc2Cl)c(O)cc1O. The standard InChI is InChI=1S/C23H17ClN4O4/c1-27(22(31)14-6-9-25-10-7-14)23(32)16-12-15(20(29)13-21(16)30)18-8-11-26-28(18)19-5-3-2-4-17(19)24/h2-13,29-30H,1H3. The van der Waals surface area contributed by atoms with E-state index >= 15 is 0 Å². The summed E-state index contributed by atoms with van der Waals surface area (Å²) in [5.41, 5.74) is 1.35. The third kappa shape index (κ3) is 3.79. The van der Waals surface area contributed by atoms with Gasteiger partial charge >= 0.3 is 0 Å². The van der Waals surface area contributed by atoms with Crippen LogP contribution in [0.3, 0.4) is 0 Å². The Labute approximate surface area is 187 Å². The summed E-state index contributed by atoms with van der Waals surface area (Å²) in [6.07, 6.45) is 4.40. The van der Waals surface area contributed by atoms with Crippen LogP contribution in [0.2, 0.25) is 5.02 Å². The van der Waals surface area contributed by atoms with E-state index in [1.807, 2.05) is 0 Å². The summed E-state index contributed by atoms with van der Waals surface area (Å²) >= 11 is 6.29. The number of benzene rings is 2. The van der Waals surface area contributed by atoms with Gasteiger partial charge < -0.3 is 10.2 Å². The lowest BCUT2D eigenvalue weighted by atomic mass is 10.0. The first-order valence-electron chi connectivity index (χ1n) is 9.46. The molecule has 2 amide bonds. The topological polar surface area (TPSA) is 109 Å². The highest BCUT2D eigenvalue weighted by atomic mass is 35.5. The monoisotopic (exact) mass is 448 g/mol. The van der Waals surface area contributed by atoms with Crippen molar-refractivity contribution in [3.05, 3.63) is 89.3 Å². The molecule has 0 saturated carbocycles. The Morgan fingerprint density at radius 1 is 0.938 bits per heavy atom. The molecule has 0 atom stereocenters. The van der Waals surface area contributed by atoms with E-state index in [2.05, 4.69) is 10.1 Å². The minimum atomic E-state index is -0.741. The molecule has 4 rings (SSSR count). The van der Waals surface area contributed by atoms with E-state index < -0.39 is 17.6 Å². The number of hydrogen-bond acceptors (Lipinski definition) is 6. The van der Waals surface area contributed by atoms with Gasteiger partial charge in [0.15, 0.2) is 0 Å². The number of phenols is 2. The maximum Gasteiger partial charge on any atom is 0.264 e. The minimum absolute atomic E-state index is 0.158. The van der Waals surface area contributed by atoms with E-state index in [1.54, 1.807) is 30.3 Å². The number of para-hydroxylation sites is 1. The number of carbonyl (C=O) groups excluding carboxylic acids is 2. The van der Waals surface area contributed by atoms with Gasteiger partial charge in [-0.3, -0.25) is 19.5 Å². The molecule has 0 bridgehead atoms. The average Bonchev–Trinajstić information content (AvgIpc) is 3.28. The molecule has 0 unspecified atom stereocenters. The number of amides is 2. The lowest BCUT2D eigenvalue weighted by Crippen LogP contribution is -2.33. The summed E-state index contributed by atoms with van der Waals surface area (Å²) in [5, 5.41) is 25.6. The lowest BCUT2D eigenvalue weighted by molar-refractivity contribution is 0.0654. The van der Waals surface area contributed by atoms with Crippen LogP contribution in [0.4, 0.5) is 0 Å². The van der Waals surface area contributed by atoms with Gasteiger partial charge in [0, 0.05) is 36.6 Å². The Hall–Kier alpha value is -4.17. The summed E-state index contributed by atoms with van der Waals surface area (Å²) in [7, 11) is 1.31. The second-order valence-corrected chi connectivity index (χ2v) is 7.28. The zero-order valence-electron chi connectivity index (χ0n) is 16.8. The molecule has 0 aliphatic rings. The first-order chi connectivity index (χ1) is 15.4. The maximum absolute atomic E-state index is 13.0. The zero-order chi connectivity index (χ0) is 22.8. The molecule has 0 spiro atoms. The fourth-order valence-electron chi connectivity index (χ4n) is 3.24. The Balaban J connectivity index is 1.76. The molecule has 160 valence electrons. The number of phenolic OH excluding ortho intramolecular Hbond substituents is 2. The number of aromatic nitrogens is 3. The third-order valence-electron chi connectivity index (χ3n) is 4.88. The Kier molecular flexibility index (Phi) is 5.61. The highest BCUT2D eigenvalue weighted by Gasteiger charge is 2.25. The van der Waals surface area contributed by atoms with Crippen molar-refractivity contribution >= 4 is 23.4 Å². The number of nitrogens with zero attached hydrogens (tertiary/aromatic N) is 4. The van der Waals surface area contributed by atoms with E-state index in [0.717, 1.165) is 11.0 Å². The highest BCUT2D eigenvalue weighted by molar-refractivity contribution is 6.32. The normalized spacial score (nSPS) is 10.7. The largest absolute Gasteiger partial charge is 0.507 e. The molecule has 9 heteroatoms.